The number of aryl methyl sites for hydroxylation is 1. The molecule has 0 radical (unpaired) electrons. The van der Waals surface area contributed by atoms with Gasteiger partial charge < -0.3 is 15.5 Å². The summed E-state index contributed by atoms with van der Waals surface area (Å²) >= 11 is 0. The average Bonchev–Trinajstić information content (AvgIpc) is 3.17. The van der Waals surface area contributed by atoms with Crippen LogP contribution in [-0.2, 0) is 12.8 Å². The number of hydrogen-bond acceptors (Lipinski definition) is 4. The normalized spacial score (nSPS) is 14.5. The van der Waals surface area contributed by atoms with E-state index >= 15 is 0 Å². The van der Waals surface area contributed by atoms with Crippen LogP contribution in [-0.4, -0.2) is 45.2 Å². The first-order valence-electron chi connectivity index (χ1n) is 8.35. The summed E-state index contributed by atoms with van der Waals surface area (Å²) in [6, 6.07) is 7.53. The van der Waals surface area contributed by atoms with E-state index in [0.717, 1.165) is 41.8 Å². The molecule has 1 amide bonds. The first-order chi connectivity index (χ1) is 11.7. The van der Waals surface area contributed by atoms with Crippen molar-refractivity contribution >= 4 is 5.91 Å². The molecule has 6 heteroatoms. The minimum Gasteiger partial charge on any atom is -0.396 e. The molecule has 24 heavy (non-hydrogen) atoms. The van der Waals surface area contributed by atoms with Crippen LogP contribution >= 0.6 is 0 Å². The van der Waals surface area contributed by atoms with Gasteiger partial charge in [0.1, 0.15) is 0 Å². The molecule has 1 atom stereocenters. The van der Waals surface area contributed by atoms with Gasteiger partial charge in [0.25, 0.3) is 5.91 Å². The summed E-state index contributed by atoms with van der Waals surface area (Å²) in [6.45, 7) is 1.75. The fraction of sp³-hybridized carbons (Fsp3) is 0.444. The van der Waals surface area contributed by atoms with Gasteiger partial charge in [-0.1, -0.05) is 18.2 Å². The number of rotatable bonds is 6. The fourth-order valence-electron chi connectivity index (χ4n) is 3.24. The summed E-state index contributed by atoms with van der Waals surface area (Å²) in [6.07, 6.45) is 3.08. The van der Waals surface area contributed by atoms with Crippen LogP contribution in [0.5, 0.6) is 0 Å². The number of amides is 1. The maximum atomic E-state index is 12.6. The van der Waals surface area contributed by atoms with Crippen molar-refractivity contribution in [1.29, 1.82) is 0 Å². The van der Waals surface area contributed by atoms with Crippen LogP contribution in [0.3, 0.4) is 0 Å². The van der Waals surface area contributed by atoms with Crippen molar-refractivity contribution in [1.82, 2.24) is 15.1 Å². The Morgan fingerprint density at radius 2 is 2.12 bits per heavy atom. The molecule has 0 aliphatic heterocycles. The van der Waals surface area contributed by atoms with E-state index in [0.29, 0.717) is 12.1 Å². The molecule has 1 aromatic heterocycles. The number of para-hydroxylation sites is 1. The number of fused-ring (bicyclic) bond motifs is 1. The minimum absolute atomic E-state index is 0.0821. The molecule has 3 rings (SSSR count). The van der Waals surface area contributed by atoms with E-state index in [9.17, 15) is 9.90 Å². The number of nitrogens with one attached hydrogen (secondary N) is 1. The van der Waals surface area contributed by atoms with Crippen LogP contribution in [0, 0.1) is 6.92 Å². The summed E-state index contributed by atoms with van der Waals surface area (Å²) in [5.41, 5.74) is 4.62. The molecule has 0 saturated carbocycles. The maximum absolute atomic E-state index is 12.6. The molecule has 0 bridgehead atoms. The van der Waals surface area contributed by atoms with Gasteiger partial charge in [-0.3, -0.25) is 4.79 Å². The molecule has 0 unspecified atom stereocenters. The molecule has 1 aliphatic rings. The Hall–Kier alpha value is -2.18. The highest BCUT2D eigenvalue weighted by atomic mass is 16.3. The van der Waals surface area contributed by atoms with E-state index < -0.39 is 6.04 Å². The summed E-state index contributed by atoms with van der Waals surface area (Å²) in [5, 5.41) is 25.7. The zero-order valence-electron chi connectivity index (χ0n) is 13.8. The third-order valence-electron chi connectivity index (χ3n) is 4.52. The standard InChI is InChI=1S/C18H23N3O3/c1-12-5-2-3-7-15(12)21-16-8-4-6-14(16)17(20-21)18(24)19-13(11-23)9-10-22/h2-3,5,7,13,22-23H,4,6,8-11H2,1H3,(H,19,24)/t13-/m1/s1. The van der Waals surface area contributed by atoms with Gasteiger partial charge in [0.15, 0.2) is 5.69 Å². The van der Waals surface area contributed by atoms with Crippen LogP contribution in [0.2, 0.25) is 0 Å². The van der Waals surface area contributed by atoms with Gasteiger partial charge in [0.05, 0.1) is 18.3 Å². The molecular weight excluding hydrogens is 306 g/mol. The van der Waals surface area contributed by atoms with Crippen molar-refractivity contribution in [2.24, 2.45) is 0 Å². The van der Waals surface area contributed by atoms with Gasteiger partial charge in [0.2, 0.25) is 0 Å². The molecule has 0 fully saturated rings. The Morgan fingerprint density at radius 1 is 1.33 bits per heavy atom. The van der Waals surface area contributed by atoms with Crippen LogP contribution in [0.1, 0.15) is 40.2 Å². The second kappa shape index (κ2) is 7.15. The molecule has 1 aromatic carbocycles. The van der Waals surface area contributed by atoms with E-state index in [1.54, 1.807) is 0 Å². The monoisotopic (exact) mass is 329 g/mol. The molecule has 3 N–H and O–H groups in total. The van der Waals surface area contributed by atoms with Crippen molar-refractivity contribution in [3.8, 4) is 5.69 Å². The first-order valence-corrected chi connectivity index (χ1v) is 8.35. The van der Waals surface area contributed by atoms with Crippen LogP contribution in [0.15, 0.2) is 24.3 Å². The van der Waals surface area contributed by atoms with Crippen LogP contribution in [0.25, 0.3) is 5.69 Å². The number of aromatic nitrogens is 2. The van der Waals surface area contributed by atoms with Gasteiger partial charge in [-0.25, -0.2) is 4.68 Å². The van der Waals surface area contributed by atoms with E-state index in [4.69, 9.17) is 5.11 Å². The fourth-order valence-corrected chi connectivity index (χ4v) is 3.24. The van der Waals surface area contributed by atoms with Crippen molar-refractivity contribution in [2.45, 2.75) is 38.6 Å². The Balaban J connectivity index is 1.94. The molecular formula is C18H23N3O3. The number of nitrogens with zero attached hydrogens (tertiary/aromatic N) is 2. The topological polar surface area (TPSA) is 87.4 Å². The third kappa shape index (κ3) is 3.07. The number of aliphatic hydroxyl groups is 2. The lowest BCUT2D eigenvalue weighted by atomic mass is 10.1. The lowest BCUT2D eigenvalue weighted by Crippen LogP contribution is -2.38. The zero-order valence-corrected chi connectivity index (χ0v) is 13.8. The Bertz CT molecular complexity index is 739. The van der Waals surface area contributed by atoms with E-state index in [2.05, 4.69) is 10.4 Å². The van der Waals surface area contributed by atoms with Gasteiger partial charge in [-0.15, -0.1) is 0 Å². The number of carbonyl (C=O) groups excluding carboxylic acids is 1. The van der Waals surface area contributed by atoms with Crippen molar-refractivity contribution in [3.63, 3.8) is 0 Å². The van der Waals surface area contributed by atoms with Gasteiger partial charge in [-0.2, -0.15) is 5.10 Å². The lowest BCUT2D eigenvalue weighted by molar-refractivity contribution is 0.0898. The van der Waals surface area contributed by atoms with Gasteiger partial charge in [-0.05, 0) is 44.2 Å². The van der Waals surface area contributed by atoms with Crippen LogP contribution < -0.4 is 5.32 Å². The van der Waals surface area contributed by atoms with Crippen LogP contribution in [0.4, 0.5) is 0 Å². The quantitative estimate of drug-likeness (QED) is 0.742. The number of aliphatic hydroxyl groups excluding tert-OH is 2. The summed E-state index contributed by atoms with van der Waals surface area (Å²) < 4.78 is 1.88. The number of hydrogen-bond donors (Lipinski definition) is 3. The van der Waals surface area contributed by atoms with Gasteiger partial charge >= 0.3 is 0 Å². The van der Waals surface area contributed by atoms with Crippen molar-refractivity contribution in [3.05, 3.63) is 46.8 Å². The number of benzene rings is 1. The second-order valence-electron chi connectivity index (χ2n) is 6.19. The van der Waals surface area contributed by atoms with Gasteiger partial charge in [0, 0.05) is 17.9 Å². The molecule has 2 aromatic rings. The molecule has 1 aliphatic carbocycles. The highest BCUT2D eigenvalue weighted by molar-refractivity contribution is 5.94. The predicted octanol–water partition coefficient (Wildman–Crippen LogP) is 1.14. The summed E-state index contributed by atoms with van der Waals surface area (Å²) in [7, 11) is 0. The predicted molar refractivity (Wildman–Crippen MR) is 90.4 cm³/mol. The Labute approximate surface area is 141 Å². The van der Waals surface area contributed by atoms with E-state index in [-0.39, 0.29) is 19.1 Å². The zero-order chi connectivity index (χ0) is 17.1. The summed E-state index contributed by atoms with van der Waals surface area (Å²) in [4.78, 5) is 12.6. The minimum atomic E-state index is -0.455. The molecule has 1 heterocycles. The first kappa shape index (κ1) is 16.7. The molecule has 128 valence electrons. The largest absolute Gasteiger partial charge is 0.396 e. The second-order valence-corrected chi connectivity index (χ2v) is 6.19. The molecule has 0 spiro atoms. The third-order valence-corrected chi connectivity index (χ3v) is 4.52. The van der Waals surface area contributed by atoms with E-state index in [1.165, 1.54) is 0 Å². The average molecular weight is 329 g/mol. The Kier molecular flexibility index (Phi) is 4.97. The number of carbonyl (C=O) groups is 1. The lowest BCUT2D eigenvalue weighted by Gasteiger charge is -2.14. The highest BCUT2D eigenvalue weighted by Crippen LogP contribution is 2.28. The molecule has 6 nitrogen and oxygen atoms in total. The van der Waals surface area contributed by atoms with Crippen molar-refractivity contribution < 1.29 is 15.0 Å². The smallest absolute Gasteiger partial charge is 0.272 e. The SMILES string of the molecule is Cc1ccccc1-n1nc(C(=O)N[C@@H](CO)CCO)c2c1CCC2. The maximum Gasteiger partial charge on any atom is 0.272 e. The Morgan fingerprint density at radius 3 is 2.83 bits per heavy atom. The highest BCUT2D eigenvalue weighted by Gasteiger charge is 2.28. The van der Waals surface area contributed by atoms with E-state index in [1.807, 2.05) is 35.9 Å². The van der Waals surface area contributed by atoms with Crippen molar-refractivity contribution in [2.75, 3.05) is 13.2 Å². The summed E-state index contributed by atoms with van der Waals surface area (Å²) in [5.74, 6) is -0.284. The molecule has 0 saturated heterocycles.